The Balaban J connectivity index is 1.07. The van der Waals surface area contributed by atoms with Crippen molar-refractivity contribution in [1.29, 1.82) is 0 Å². The Kier molecular flexibility index (Phi) is 6.69. The molecule has 5 aliphatic carbocycles. The Bertz CT molecular complexity index is 1540. The van der Waals surface area contributed by atoms with Crippen molar-refractivity contribution in [3.8, 4) is 0 Å². The molecule has 8 unspecified atom stereocenters. The molecule has 0 N–H and O–H groups in total. The summed E-state index contributed by atoms with van der Waals surface area (Å²) in [4.78, 5) is 0. The molecule has 2 aromatic carbocycles. The highest BCUT2D eigenvalue weighted by atomic mass is 16.7. The molecule has 4 fully saturated rings. The Labute approximate surface area is 271 Å². The Morgan fingerprint density at radius 3 is 1.67 bits per heavy atom. The molecule has 45 heavy (non-hydrogen) atoms. The third-order valence-electron chi connectivity index (χ3n) is 13.1. The zero-order chi connectivity index (χ0) is 31.7. The van der Waals surface area contributed by atoms with Gasteiger partial charge in [-0.3, -0.25) is 0 Å². The van der Waals surface area contributed by atoms with Crippen molar-refractivity contribution in [1.82, 2.24) is 0 Å². The molecule has 236 valence electrons. The molecular weight excluding hydrogens is 554 g/mol. The van der Waals surface area contributed by atoms with Crippen LogP contribution in [0.15, 0.2) is 71.8 Å². The lowest BCUT2D eigenvalue weighted by Crippen LogP contribution is -2.68. The normalized spacial score (nSPS) is 37.9. The van der Waals surface area contributed by atoms with E-state index in [9.17, 15) is 0 Å². The lowest BCUT2D eigenvalue weighted by atomic mass is 9.31. The number of benzene rings is 2. The van der Waals surface area contributed by atoms with Gasteiger partial charge < -0.3 is 18.6 Å². The van der Waals surface area contributed by atoms with Crippen molar-refractivity contribution >= 4 is 25.2 Å². The average molecular weight is 604 g/mol. The van der Waals surface area contributed by atoms with E-state index in [-0.39, 0.29) is 42.4 Å². The molecule has 0 spiro atoms. The van der Waals surface area contributed by atoms with Crippen LogP contribution in [0, 0.1) is 35.5 Å². The summed E-state index contributed by atoms with van der Waals surface area (Å²) < 4.78 is 24.8. The molecular formula is C39H50B2O4. The van der Waals surface area contributed by atoms with Gasteiger partial charge in [0.05, 0.1) is 11.2 Å². The first-order valence-electron chi connectivity index (χ1n) is 17.5. The monoisotopic (exact) mass is 604 g/mol. The molecule has 0 radical (unpaired) electrons. The van der Waals surface area contributed by atoms with Crippen molar-refractivity contribution in [3.63, 3.8) is 0 Å². The van der Waals surface area contributed by atoms with Gasteiger partial charge in [0.2, 0.25) is 0 Å². The van der Waals surface area contributed by atoms with Gasteiger partial charge in [-0.25, -0.2) is 0 Å². The van der Waals surface area contributed by atoms with Crippen molar-refractivity contribution in [2.45, 2.75) is 103 Å². The maximum Gasteiger partial charge on any atom is 0.494 e. The molecule has 6 heteroatoms. The van der Waals surface area contributed by atoms with Gasteiger partial charge in [0.15, 0.2) is 0 Å². The number of hydrogen-bond donors (Lipinski definition) is 0. The molecule has 0 bridgehead atoms. The summed E-state index contributed by atoms with van der Waals surface area (Å²) in [6.07, 6.45) is 7.99. The summed E-state index contributed by atoms with van der Waals surface area (Å²) in [6.45, 7) is 20.3. The molecule has 8 atom stereocenters. The molecule has 0 amide bonds. The van der Waals surface area contributed by atoms with Crippen molar-refractivity contribution < 1.29 is 18.6 Å². The van der Waals surface area contributed by atoms with Crippen LogP contribution in [0.5, 0.6) is 0 Å². The fourth-order valence-corrected chi connectivity index (χ4v) is 10.1. The van der Waals surface area contributed by atoms with Gasteiger partial charge in [0, 0.05) is 23.5 Å². The first kappa shape index (κ1) is 30.2. The lowest BCUT2D eigenvalue weighted by Gasteiger charge is -2.73. The third-order valence-corrected chi connectivity index (χ3v) is 13.1. The van der Waals surface area contributed by atoms with Crippen LogP contribution in [0.25, 0.3) is 0 Å². The predicted molar refractivity (Wildman–Crippen MR) is 183 cm³/mol. The molecule has 3 saturated carbocycles. The van der Waals surface area contributed by atoms with Crippen LogP contribution in [-0.2, 0) is 29.4 Å². The van der Waals surface area contributed by atoms with Crippen LogP contribution in [0.2, 0.25) is 0 Å². The lowest BCUT2D eigenvalue weighted by molar-refractivity contribution is -0.148. The zero-order valence-corrected chi connectivity index (χ0v) is 28.7. The second-order valence-electron chi connectivity index (χ2n) is 16.8. The fourth-order valence-electron chi connectivity index (χ4n) is 10.1. The standard InChI is InChI=1S/C39H50B2O4/c1-10-42-40(43-23(2)3)26-15-11-24(12-16-26)38(8)19-28-30-21-39(9,22-31-29(20-38)33-32(28)34(30)35(31)33)25-13-17-27(18-14-25)41-44-36(4,5)37(6,7)45-41/h11-19,22-23,29-30,32-35H,10,20-21H2,1-9H3. The first-order valence-corrected chi connectivity index (χ1v) is 17.5. The largest absolute Gasteiger partial charge is 0.494 e. The molecule has 6 aliphatic rings. The van der Waals surface area contributed by atoms with E-state index in [1.807, 2.05) is 6.92 Å². The van der Waals surface area contributed by atoms with Gasteiger partial charge in [-0.1, -0.05) is 85.7 Å². The van der Waals surface area contributed by atoms with Gasteiger partial charge in [-0.15, -0.1) is 0 Å². The van der Waals surface area contributed by atoms with E-state index in [1.165, 1.54) is 24.0 Å². The van der Waals surface area contributed by atoms with Crippen molar-refractivity contribution in [2.75, 3.05) is 6.61 Å². The first-order chi connectivity index (χ1) is 21.3. The molecule has 1 saturated heterocycles. The number of hydrogen-bond acceptors (Lipinski definition) is 4. The van der Waals surface area contributed by atoms with E-state index < -0.39 is 0 Å². The molecule has 4 nitrogen and oxygen atoms in total. The van der Waals surface area contributed by atoms with Gasteiger partial charge in [0.1, 0.15) is 0 Å². The minimum atomic E-state index is -0.328. The van der Waals surface area contributed by atoms with Crippen LogP contribution in [0.3, 0.4) is 0 Å². The maximum atomic E-state index is 6.36. The van der Waals surface area contributed by atoms with Crippen LogP contribution in [-0.4, -0.2) is 38.1 Å². The number of rotatable bonds is 8. The van der Waals surface area contributed by atoms with E-state index >= 15 is 0 Å². The smallest absolute Gasteiger partial charge is 0.408 e. The van der Waals surface area contributed by atoms with Gasteiger partial charge in [-0.2, -0.15) is 0 Å². The molecule has 0 aromatic heterocycles. The Hall–Kier alpha value is -2.11. The van der Waals surface area contributed by atoms with Crippen molar-refractivity contribution in [3.05, 3.63) is 83.0 Å². The van der Waals surface area contributed by atoms with Gasteiger partial charge in [0.25, 0.3) is 0 Å². The van der Waals surface area contributed by atoms with E-state index in [0.29, 0.717) is 18.4 Å². The van der Waals surface area contributed by atoms with Gasteiger partial charge in [-0.05, 0) is 119 Å². The zero-order valence-electron chi connectivity index (χ0n) is 28.7. The molecule has 2 aromatic rings. The molecule has 1 heterocycles. The SMILES string of the molecule is CCOB(OC(C)C)c1ccc(C2(C)C=C3C4CC(C)(c5ccc(B6OC(C)(C)C(C)(C)O6)cc5)C=C5C(C2)C2C5C4C32)cc1. The topological polar surface area (TPSA) is 36.9 Å². The number of allylic oxidation sites excluding steroid dienone is 4. The van der Waals surface area contributed by atoms with Crippen molar-refractivity contribution in [2.24, 2.45) is 35.5 Å². The summed E-state index contributed by atoms with van der Waals surface area (Å²) in [5.74, 6) is 4.71. The Morgan fingerprint density at radius 2 is 1.22 bits per heavy atom. The minimum absolute atomic E-state index is 0.0408. The highest BCUT2D eigenvalue weighted by molar-refractivity contribution is 6.62. The molecule has 8 rings (SSSR count). The van der Waals surface area contributed by atoms with E-state index in [4.69, 9.17) is 18.6 Å². The quantitative estimate of drug-likeness (QED) is 0.247. The average Bonchev–Trinajstić information content (AvgIpc) is 3.25. The summed E-state index contributed by atoms with van der Waals surface area (Å²) in [5, 5.41) is 0. The third kappa shape index (κ3) is 4.34. The van der Waals surface area contributed by atoms with Crippen LogP contribution in [0.4, 0.5) is 0 Å². The van der Waals surface area contributed by atoms with E-state index in [0.717, 1.165) is 34.6 Å². The Morgan fingerprint density at radius 1 is 0.756 bits per heavy atom. The maximum absolute atomic E-state index is 6.36. The summed E-state index contributed by atoms with van der Waals surface area (Å²) in [6, 6.07) is 18.4. The van der Waals surface area contributed by atoms with Gasteiger partial charge >= 0.3 is 14.2 Å². The van der Waals surface area contributed by atoms with Crippen LogP contribution >= 0.6 is 0 Å². The second-order valence-corrected chi connectivity index (χ2v) is 16.8. The van der Waals surface area contributed by atoms with Crippen LogP contribution in [0.1, 0.15) is 86.3 Å². The second kappa shape index (κ2) is 9.95. The minimum Gasteiger partial charge on any atom is -0.408 e. The number of fused-ring (bicyclic) bond motifs is 2. The molecule has 1 aliphatic heterocycles. The summed E-state index contributed by atoms with van der Waals surface area (Å²) in [5.41, 5.74) is 8.02. The van der Waals surface area contributed by atoms with Crippen LogP contribution < -0.4 is 10.9 Å². The summed E-state index contributed by atoms with van der Waals surface area (Å²) >= 11 is 0. The van der Waals surface area contributed by atoms with E-state index in [2.05, 4.69) is 116 Å². The summed E-state index contributed by atoms with van der Waals surface area (Å²) in [7, 11) is -0.628. The highest BCUT2D eigenvalue weighted by Gasteiger charge is 2.74. The highest BCUT2D eigenvalue weighted by Crippen LogP contribution is 2.80. The van der Waals surface area contributed by atoms with E-state index in [1.54, 1.807) is 11.1 Å². The fraction of sp³-hybridized carbons (Fsp3) is 0.590. The predicted octanol–water partition coefficient (Wildman–Crippen LogP) is 6.76.